The first kappa shape index (κ1) is 17.9. The van der Waals surface area contributed by atoms with Crippen molar-refractivity contribution in [2.45, 2.75) is 45.1 Å². The molecule has 0 aromatic carbocycles. The Balaban J connectivity index is 1.66. The number of nitrogens with two attached hydrogens (primary N) is 1. The van der Waals surface area contributed by atoms with Crippen molar-refractivity contribution in [1.29, 1.82) is 0 Å². The van der Waals surface area contributed by atoms with Gasteiger partial charge in [0.15, 0.2) is 0 Å². The lowest BCUT2D eigenvalue weighted by molar-refractivity contribution is -0.143. The molecule has 2 N–H and O–H groups in total. The minimum Gasteiger partial charge on any atom is -0.342 e. The average Bonchev–Trinajstić information content (AvgIpc) is 2.64. The van der Waals surface area contributed by atoms with E-state index in [-0.39, 0.29) is 17.2 Å². The molecule has 2 fully saturated rings. The molecule has 136 valence electrons. The zero-order chi connectivity index (χ0) is 17.7. The minimum atomic E-state index is 0.0531. The van der Waals surface area contributed by atoms with Crippen molar-refractivity contribution < 1.29 is 9.59 Å². The number of nitrogens with zero attached hydrogens (tertiary/aromatic N) is 3. The quantitative estimate of drug-likeness (QED) is 0.879. The average molecular weight is 344 g/mol. The molecule has 3 rings (SSSR count). The number of rotatable bonds is 5. The Labute approximate surface area is 149 Å². The number of piperidine rings is 2. The van der Waals surface area contributed by atoms with Crippen molar-refractivity contribution in [2.75, 3.05) is 26.2 Å². The number of carbonyl (C=O) groups excluding carboxylic acids is 2. The van der Waals surface area contributed by atoms with E-state index in [9.17, 15) is 9.59 Å². The highest BCUT2D eigenvalue weighted by molar-refractivity contribution is 5.78. The molecule has 2 aliphatic rings. The van der Waals surface area contributed by atoms with Gasteiger partial charge in [0, 0.05) is 56.8 Å². The molecular weight excluding hydrogens is 316 g/mol. The van der Waals surface area contributed by atoms with Gasteiger partial charge in [-0.05, 0) is 49.9 Å². The third kappa shape index (κ3) is 4.37. The van der Waals surface area contributed by atoms with Crippen LogP contribution < -0.4 is 5.73 Å². The Bertz CT molecular complexity index is 607. The fourth-order valence-electron chi connectivity index (χ4n) is 4.12. The van der Waals surface area contributed by atoms with Gasteiger partial charge in [-0.25, -0.2) is 0 Å². The van der Waals surface area contributed by atoms with Crippen molar-refractivity contribution >= 4 is 11.8 Å². The van der Waals surface area contributed by atoms with Crippen LogP contribution in [0.15, 0.2) is 24.5 Å². The zero-order valence-corrected chi connectivity index (χ0v) is 14.8. The van der Waals surface area contributed by atoms with Gasteiger partial charge in [-0.2, -0.15) is 0 Å². The number of hydrogen-bond acceptors (Lipinski definition) is 4. The standard InChI is InChI=1S/C19H28N4O2/c20-9-1-3-17(24)22-12-2-7-19(14-22)8-4-18(25)23(15-19)13-16-5-10-21-11-6-16/h5-6,10-11H,1-4,7-9,12-15,20H2/t19-/m1/s1. The van der Waals surface area contributed by atoms with Crippen molar-refractivity contribution in [3.8, 4) is 0 Å². The predicted molar refractivity (Wildman–Crippen MR) is 95.4 cm³/mol. The van der Waals surface area contributed by atoms with Crippen LogP contribution in [0.25, 0.3) is 0 Å². The molecular formula is C19H28N4O2. The van der Waals surface area contributed by atoms with E-state index in [1.54, 1.807) is 12.4 Å². The zero-order valence-electron chi connectivity index (χ0n) is 14.8. The molecule has 0 aliphatic carbocycles. The van der Waals surface area contributed by atoms with E-state index in [0.717, 1.165) is 50.9 Å². The number of aromatic nitrogens is 1. The van der Waals surface area contributed by atoms with Crippen LogP contribution in [0, 0.1) is 5.41 Å². The predicted octanol–water partition coefficient (Wildman–Crippen LogP) is 1.55. The van der Waals surface area contributed by atoms with E-state index < -0.39 is 0 Å². The minimum absolute atomic E-state index is 0.0531. The number of likely N-dealkylation sites (tertiary alicyclic amines) is 2. The second kappa shape index (κ2) is 7.95. The van der Waals surface area contributed by atoms with Gasteiger partial charge in [-0.3, -0.25) is 14.6 Å². The molecule has 3 heterocycles. The lowest BCUT2D eigenvalue weighted by Crippen LogP contribution is -2.54. The van der Waals surface area contributed by atoms with Crippen molar-refractivity contribution in [1.82, 2.24) is 14.8 Å². The molecule has 2 aliphatic heterocycles. The van der Waals surface area contributed by atoms with Gasteiger partial charge >= 0.3 is 0 Å². The lowest BCUT2D eigenvalue weighted by Gasteiger charge is -2.48. The van der Waals surface area contributed by atoms with Gasteiger partial charge in [0.25, 0.3) is 0 Å². The molecule has 0 unspecified atom stereocenters. The fraction of sp³-hybridized carbons (Fsp3) is 0.632. The smallest absolute Gasteiger partial charge is 0.222 e. The highest BCUT2D eigenvalue weighted by atomic mass is 16.2. The maximum Gasteiger partial charge on any atom is 0.222 e. The summed E-state index contributed by atoms with van der Waals surface area (Å²) in [4.78, 5) is 32.8. The first-order chi connectivity index (χ1) is 12.1. The van der Waals surface area contributed by atoms with E-state index >= 15 is 0 Å². The second-order valence-electron chi connectivity index (χ2n) is 7.42. The lowest BCUT2D eigenvalue weighted by atomic mass is 9.73. The summed E-state index contributed by atoms with van der Waals surface area (Å²) < 4.78 is 0. The molecule has 1 aromatic rings. The summed E-state index contributed by atoms with van der Waals surface area (Å²) in [7, 11) is 0. The number of hydrogen-bond donors (Lipinski definition) is 1. The van der Waals surface area contributed by atoms with E-state index in [1.807, 2.05) is 21.9 Å². The Morgan fingerprint density at radius 3 is 2.80 bits per heavy atom. The molecule has 2 amide bonds. The van der Waals surface area contributed by atoms with Crippen LogP contribution in [0.1, 0.15) is 44.1 Å². The van der Waals surface area contributed by atoms with Crippen LogP contribution in [0.4, 0.5) is 0 Å². The molecule has 1 atom stereocenters. The molecule has 0 bridgehead atoms. The van der Waals surface area contributed by atoms with Crippen LogP contribution in [0.5, 0.6) is 0 Å². The van der Waals surface area contributed by atoms with E-state index in [1.165, 1.54) is 0 Å². The molecule has 1 aromatic heterocycles. The Hall–Kier alpha value is -1.95. The highest BCUT2D eigenvalue weighted by Crippen LogP contribution is 2.39. The van der Waals surface area contributed by atoms with Crippen LogP contribution in [-0.2, 0) is 16.1 Å². The summed E-state index contributed by atoms with van der Waals surface area (Å²) >= 11 is 0. The SMILES string of the molecule is NCCCC(=O)N1CCC[C@@]2(CCC(=O)N(Cc3ccncc3)C2)C1. The van der Waals surface area contributed by atoms with E-state index in [2.05, 4.69) is 4.98 Å². The fourth-order valence-corrected chi connectivity index (χ4v) is 4.12. The molecule has 25 heavy (non-hydrogen) atoms. The molecule has 0 saturated carbocycles. The van der Waals surface area contributed by atoms with Crippen molar-refractivity contribution in [2.24, 2.45) is 11.1 Å². The molecule has 0 radical (unpaired) electrons. The number of amides is 2. The molecule has 2 saturated heterocycles. The monoisotopic (exact) mass is 344 g/mol. The molecule has 6 heteroatoms. The third-order valence-electron chi connectivity index (χ3n) is 5.48. The van der Waals surface area contributed by atoms with Gasteiger partial charge in [-0.1, -0.05) is 0 Å². The molecule has 6 nitrogen and oxygen atoms in total. The normalized spacial score (nSPS) is 24.0. The Morgan fingerprint density at radius 1 is 1.24 bits per heavy atom. The first-order valence-electron chi connectivity index (χ1n) is 9.26. The summed E-state index contributed by atoms with van der Waals surface area (Å²) in [5.41, 5.74) is 6.69. The summed E-state index contributed by atoms with van der Waals surface area (Å²) in [5, 5.41) is 0. The van der Waals surface area contributed by atoms with Gasteiger partial charge in [0.1, 0.15) is 0 Å². The summed E-state index contributed by atoms with van der Waals surface area (Å²) in [5.74, 6) is 0.427. The Morgan fingerprint density at radius 2 is 2.04 bits per heavy atom. The van der Waals surface area contributed by atoms with Crippen LogP contribution >= 0.6 is 0 Å². The van der Waals surface area contributed by atoms with E-state index in [4.69, 9.17) is 5.73 Å². The Kier molecular flexibility index (Phi) is 5.68. The summed E-state index contributed by atoms with van der Waals surface area (Å²) in [6, 6.07) is 3.91. The molecule has 1 spiro atoms. The number of pyridine rings is 1. The summed E-state index contributed by atoms with van der Waals surface area (Å²) in [6.45, 7) is 3.54. The van der Waals surface area contributed by atoms with Crippen molar-refractivity contribution in [3.05, 3.63) is 30.1 Å². The largest absolute Gasteiger partial charge is 0.342 e. The van der Waals surface area contributed by atoms with Gasteiger partial charge < -0.3 is 15.5 Å². The van der Waals surface area contributed by atoms with Gasteiger partial charge in [0.2, 0.25) is 11.8 Å². The van der Waals surface area contributed by atoms with Crippen LogP contribution in [0.2, 0.25) is 0 Å². The third-order valence-corrected chi connectivity index (χ3v) is 5.48. The maximum absolute atomic E-state index is 12.4. The second-order valence-corrected chi connectivity index (χ2v) is 7.42. The van der Waals surface area contributed by atoms with E-state index in [0.29, 0.717) is 25.9 Å². The van der Waals surface area contributed by atoms with Crippen molar-refractivity contribution in [3.63, 3.8) is 0 Å². The summed E-state index contributed by atoms with van der Waals surface area (Å²) in [6.07, 6.45) is 8.38. The van der Waals surface area contributed by atoms with Gasteiger partial charge in [0.05, 0.1) is 0 Å². The maximum atomic E-state index is 12.4. The number of carbonyl (C=O) groups is 2. The van der Waals surface area contributed by atoms with Crippen LogP contribution in [0.3, 0.4) is 0 Å². The topological polar surface area (TPSA) is 79.5 Å². The van der Waals surface area contributed by atoms with Gasteiger partial charge in [-0.15, -0.1) is 0 Å². The van der Waals surface area contributed by atoms with Crippen LogP contribution in [-0.4, -0.2) is 52.8 Å². The highest BCUT2D eigenvalue weighted by Gasteiger charge is 2.42. The first-order valence-corrected chi connectivity index (χ1v) is 9.26.